The molecule has 1 aliphatic heterocycles. The first-order valence-corrected chi connectivity index (χ1v) is 9.40. The maximum Gasteiger partial charge on any atom is 0.394 e. The van der Waals surface area contributed by atoms with Gasteiger partial charge < -0.3 is 10.2 Å². The van der Waals surface area contributed by atoms with Gasteiger partial charge in [0.1, 0.15) is 0 Å². The molecule has 0 unspecified atom stereocenters. The van der Waals surface area contributed by atoms with Crippen LogP contribution in [-0.4, -0.2) is 31.6 Å². The van der Waals surface area contributed by atoms with Crippen molar-refractivity contribution in [3.8, 4) is 0 Å². The molecular weight excluding hydrogens is 357 g/mol. The van der Waals surface area contributed by atoms with Crippen LogP contribution in [0.25, 0.3) is 0 Å². The third-order valence-electron chi connectivity index (χ3n) is 7.09. The Morgan fingerprint density at radius 3 is 2.37 bits per heavy atom. The maximum atomic E-state index is 13.4. The van der Waals surface area contributed by atoms with Crippen molar-refractivity contribution in [1.82, 2.24) is 5.32 Å². The monoisotopic (exact) mass is 380 g/mol. The molecule has 2 bridgehead atoms. The van der Waals surface area contributed by atoms with Gasteiger partial charge in [-0.2, -0.15) is 13.2 Å². The Morgan fingerprint density at radius 1 is 1.15 bits per heavy atom. The molecule has 0 spiro atoms. The van der Waals surface area contributed by atoms with Crippen LogP contribution in [-0.2, 0) is 11.2 Å². The zero-order valence-corrected chi connectivity index (χ0v) is 15.3. The number of rotatable bonds is 3. The summed E-state index contributed by atoms with van der Waals surface area (Å²) in [5.41, 5.74) is 0.217. The van der Waals surface area contributed by atoms with Crippen LogP contribution in [0, 0.1) is 10.8 Å². The summed E-state index contributed by atoms with van der Waals surface area (Å²) in [7, 11) is 1.69. The Bertz CT molecular complexity index is 778. The third-order valence-corrected chi connectivity index (χ3v) is 7.09. The van der Waals surface area contributed by atoms with Crippen LogP contribution in [0.3, 0.4) is 0 Å². The number of hydrogen-bond donors (Lipinski definition) is 1. The van der Waals surface area contributed by atoms with E-state index in [0.717, 1.165) is 11.3 Å². The van der Waals surface area contributed by atoms with Gasteiger partial charge in [-0.25, -0.2) is 0 Å². The molecule has 27 heavy (non-hydrogen) atoms. The normalized spacial score (nSPS) is 29.8. The van der Waals surface area contributed by atoms with Gasteiger partial charge >= 0.3 is 6.18 Å². The number of nitrogens with zero attached hydrogens (tertiary/aromatic N) is 1. The van der Waals surface area contributed by atoms with Gasteiger partial charge in [0.05, 0.1) is 11.8 Å². The number of hydrogen-bond acceptors (Lipinski definition) is 2. The predicted octanol–water partition coefficient (Wildman–Crippen LogP) is 3.84. The van der Waals surface area contributed by atoms with Gasteiger partial charge in [0.15, 0.2) is 0 Å². The largest absolute Gasteiger partial charge is 0.394 e. The zero-order valence-electron chi connectivity index (χ0n) is 15.3. The van der Waals surface area contributed by atoms with Crippen molar-refractivity contribution in [2.75, 3.05) is 18.5 Å². The van der Waals surface area contributed by atoms with Crippen molar-refractivity contribution in [3.63, 3.8) is 0 Å². The summed E-state index contributed by atoms with van der Waals surface area (Å²) < 4.78 is 40.1. The Kier molecular flexibility index (Phi) is 4.05. The van der Waals surface area contributed by atoms with Crippen molar-refractivity contribution in [2.24, 2.45) is 10.8 Å². The maximum absolute atomic E-state index is 13.4. The van der Waals surface area contributed by atoms with E-state index < -0.39 is 11.6 Å². The average Bonchev–Trinajstić information content (AvgIpc) is 2.95. The number of halogens is 3. The highest BCUT2D eigenvalue weighted by atomic mass is 19.4. The molecule has 146 valence electrons. The molecular formula is C20H23F3N2O2. The molecule has 3 fully saturated rings. The summed E-state index contributed by atoms with van der Waals surface area (Å²) in [4.78, 5) is 26.2. The van der Waals surface area contributed by atoms with E-state index in [4.69, 9.17) is 0 Å². The standard InChI is InChI=1S/C20H23F3N2O2/c1-25-15-4-2-3-13(14(15)11-16(25)26)17(27)24-12-18-5-8-19(9-6-18,10-7-18)20(21,22)23/h2-4H,5-12H2,1H3,(H,24,27). The lowest BCUT2D eigenvalue weighted by atomic mass is 9.53. The molecule has 0 aromatic heterocycles. The number of likely N-dealkylation sites (N-methyl/N-ethyl adjacent to an activating group) is 1. The lowest BCUT2D eigenvalue weighted by molar-refractivity contribution is -0.259. The van der Waals surface area contributed by atoms with Crippen molar-refractivity contribution in [3.05, 3.63) is 29.3 Å². The molecule has 4 aliphatic rings. The van der Waals surface area contributed by atoms with Crippen LogP contribution in [0.1, 0.15) is 54.4 Å². The molecule has 5 rings (SSSR count). The highest BCUT2D eigenvalue weighted by Gasteiger charge is 2.61. The van der Waals surface area contributed by atoms with Crippen LogP contribution in [0.5, 0.6) is 0 Å². The number of alkyl halides is 3. The molecule has 7 heteroatoms. The van der Waals surface area contributed by atoms with Crippen LogP contribution in [0.4, 0.5) is 18.9 Å². The third kappa shape index (κ3) is 2.82. The fourth-order valence-corrected chi connectivity index (χ4v) is 5.01. The van der Waals surface area contributed by atoms with E-state index >= 15 is 0 Å². The molecule has 3 aliphatic carbocycles. The summed E-state index contributed by atoms with van der Waals surface area (Å²) in [5.74, 6) is -0.297. The SMILES string of the molecule is CN1C(=O)Cc2c(C(=O)NCC34CCC(C(F)(F)F)(CC3)CC4)cccc21. The summed E-state index contributed by atoms with van der Waals surface area (Å²) in [6.07, 6.45) is -1.95. The van der Waals surface area contributed by atoms with Crippen LogP contribution in [0.15, 0.2) is 18.2 Å². The number of anilines is 1. The van der Waals surface area contributed by atoms with Crippen LogP contribution >= 0.6 is 0 Å². The van der Waals surface area contributed by atoms with Gasteiger partial charge in [0.25, 0.3) is 5.91 Å². The second-order valence-corrected chi connectivity index (χ2v) is 8.39. The topological polar surface area (TPSA) is 49.4 Å². The van der Waals surface area contributed by atoms with Crippen molar-refractivity contribution < 1.29 is 22.8 Å². The van der Waals surface area contributed by atoms with Gasteiger partial charge in [0, 0.05) is 24.8 Å². The molecule has 1 heterocycles. The molecule has 1 aromatic carbocycles. The quantitative estimate of drug-likeness (QED) is 0.866. The Labute approximate surface area is 156 Å². The van der Waals surface area contributed by atoms with Gasteiger partial charge in [0.2, 0.25) is 5.91 Å². The Morgan fingerprint density at radius 2 is 1.78 bits per heavy atom. The zero-order chi connectivity index (χ0) is 19.4. The van der Waals surface area contributed by atoms with Crippen LogP contribution in [0.2, 0.25) is 0 Å². The molecule has 3 saturated carbocycles. The molecule has 2 amide bonds. The second-order valence-electron chi connectivity index (χ2n) is 8.39. The van der Waals surface area contributed by atoms with Crippen molar-refractivity contribution >= 4 is 17.5 Å². The minimum Gasteiger partial charge on any atom is -0.351 e. The molecule has 0 saturated heterocycles. The molecule has 4 nitrogen and oxygen atoms in total. The fraction of sp³-hybridized carbons (Fsp3) is 0.600. The predicted molar refractivity (Wildman–Crippen MR) is 94.5 cm³/mol. The fourth-order valence-electron chi connectivity index (χ4n) is 5.01. The summed E-state index contributed by atoms with van der Waals surface area (Å²) >= 11 is 0. The van der Waals surface area contributed by atoms with Gasteiger partial charge in [-0.15, -0.1) is 0 Å². The second kappa shape index (κ2) is 5.97. The Hall–Kier alpha value is -2.05. The first-order chi connectivity index (χ1) is 12.7. The summed E-state index contributed by atoms with van der Waals surface area (Å²) in [5, 5.41) is 2.95. The minimum atomic E-state index is -4.13. The smallest absolute Gasteiger partial charge is 0.351 e. The Balaban J connectivity index is 1.44. The first-order valence-electron chi connectivity index (χ1n) is 9.40. The van der Waals surface area contributed by atoms with Gasteiger partial charge in [-0.3, -0.25) is 9.59 Å². The van der Waals surface area contributed by atoms with E-state index in [9.17, 15) is 22.8 Å². The molecule has 0 atom stereocenters. The average molecular weight is 380 g/mol. The molecule has 1 aromatic rings. The van der Waals surface area contributed by atoms with Crippen molar-refractivity contribution in [2.45, 2.75) is 51.1 Å². The van der Waals surface area contributed by atoms with Gasteiger partial charge in [-0.1, -0.05) is 6.07 Å². The highest BCUT2D eigenvalue weighted by molar-refractivity contribution is 6.06. The van der Waals surface area contributed by atoms with E-state index in [1.807, 2.05) is 6.07 Å². The minimum absolute atomic E-state index is 0.0492. The van der Waals surface area contributed by atoms with E-state index in [1.165, 1.54) is 0 Å². The lowest BCUT2D eigenvalue weighted by Crippen LogP contribution is -2.52. The van der Waals surface area contributed by atoms with Crippen molar-refractivity contribution in [1.29, 1.82) is 0 Å². The van der Waals surface area contributed by atoms with Crippen LogP contribution < -0.4 is 10.2 Å². The number of nitrogens with one attached hydrogen (secondary N) is 1. The number of carbonyl (C=O) groups is 2. The number of carbonyl (C=O) groups excluding carboxylic acids is 2. The lowest BCUT2D eigenvalue weighted by Gasteiger charge is -2.53. The van der Waals surface area contributed by atoms with E-state index in [0.29, 0.717) is 31.4 Å². The van der Waals surface area contributed by atoms with Gasteiger partial charge in [-0.05, 0) is 61.6 Å². The number of benzene rings is 1. The summed E-state index contributed by atoms with van der Waals surface area (Å²) in [6, 6.07) is 5.27. The summed E-state index contributed by atoms with van der Waals surface area (Å²) in [6.45, 7) is 0.396. The van der Waals surface area contributed by atoms with E-state index in [-0.39, 0.29) is 42.9 Å². The van der Waals surface area contributed by atoms with E-state index in [2.05, 4.69) is 5.32 Å². The highest BCUT2D eigenvalue weighted by Crippen LogP contribution is 2.62. The van der Waals surface area contributed by atoms with E-state index in [1.54, 1.807) is 24.1 Å². The number of amides is 2. The molecule has 1 N–H and O–H groups in total. The first kappa shape index (κ1) is 18.3. The molecule has 0 radical (unpaired) electrons. The number of fused-ring (bicyclic) bond motifs is 4.